The van der Waals surface area contributed by atoms with Crippen LogP contribution in [0.15, 0.2) is 59.9 Å². The summed E-state index contributed by atoms with van der Waals surface area (Å²) in [6, 6.07) is 10.4. The Bertz CT molecular complexity index is 1220. The Morgan fingerprint density at radius 1 is 0.912 bits per heavy atom. The molecule has 0 bridgehead atoms. The summed E-state index contributed by atoms with van der Waals surface area (Å²) < 4.78 is 98.1. The molecule has 3 rings (SSSR count). The van der Waals surface area contributed by atoms with Gasteiger partial charge in [0, 0.05) is 6.07 Å². The molecule has 2 heterocycles. The average molecular weight is 503 g/mol. The number of ether oxygens (including phenoxy) is 2. The minimum atomic E-state index is -5.78. The molecule has 0 saturated heterocycles. The Labute approximate surface area is 191 Å². The lowest BCUT2D eigenvalue weighted by atomic mass is 10.2. The van der Waals surface area contributed by atoms with Gasteiger partial charge in [0.25, 0.3) is 0 Å². The van der Waals surface area contributed by atoms with Crippen molar-refractivity contribution in [2.75, 3.05) is 12.4 Å². The second kappa shape index (κ2) is 9.87. The molecular formula is C21H18F5N3O4S. The van der Waals surface area contributed by atoms with Crippen LogP contribution in [0.3, 0.4) is 0 Å². The number of hydrogen-bond acceptors (Lipinski definition) is 7. The third-order valence-corrected chi connectivity index (χ3v) is 6.22. The molecular weight excluding hydrogens is 485 g/mol. The molecule has 0 aliphatic rings. The molecule has 0 fully saturated rings. The number of hydrogen-bond donors (Lipinski definition) is 0. The topological polar surface area (TPSA) is 91.3 Å². The van der Waals surface area contributed by atoms with Crippen LogP contribution in [0.1, 0.15) is 12.5 Å². The van der Waals surface area contributed by atoms with Crippen LogP contribution in [-0.4, -0.2) is 47.8 Å². The summed E-state index contributed by atoms with van der Waals surface area (Å²) in [6.45, 7) is -0.381. The molecule has 34 heavy (non-hydrogen) atoms. The van der Waals surface area contributed by atoms with Crippen LogP contribution in [-0.2, 0) is 16.4 Å². The van der Waals surface area contributed by atoms with E-state index in [1.165, 1.54) is 19.2 Å². The minimum absolute atomic E-state index is 0.0587. The molecule has 0 unspecified atom stereocenters. The van der Waals surface area contributed by atoms with E-state index in [-0.39, 0.29) is 34.4 Å². The molecule has 182 valence electrons. The van der Waals surface area contributed by atoms with Crippen molar-refractivity contribution in [2.24, 2.45) is 0 Å². The number of sulfone groups is 1. The lowest BCUT2D eigenvalue weighted by Gasteiger charge is -2.19. The highest BCUT2D eigenvalue weighted by atomic mass is 32.2. The van der Waals surface area contributed by atoms with Gasteiger partial charge in [-0.3, -0.25) is 0 Å². The number of aromatic nitrogens is 3. The molecule has 13 heteroatoms. The number of alkyl halides is 5. The van der Waals surface area contributed by atoms with E-state index in [9.17, 15) is 30.4 Å². The minimum Gasteiger partial charge on any atom is -0.487 e. The van der Waals surface area contributed by atoms with Gasteiger partial charge in [-0.15, -0.1) is 0 Å². The van der Waals surface area contributed by atoms with Gasteiger partial charge in [0.15, 0.2) is 16.4 Å². The Kier molecular flexibility index (Phi) is 7.34. The van der Waals surface area contributed by atoms with Crippen molar-refractivity contribution < 1.29 is 39.8 Å². The van der Waals surface area contributed by atoms with Gasteiger partial charge < -0.3 is 9.47 Å². The van der Waals surface area contributed by atoms with Gasteiger partial charge in [0.2, 0.25) is 5.88 Å². The first-order chi connectivity index (χ1) is 15.9. The first-order valence-electron chi connectivity index (χ1n) is 9.72. The number of pyridine rings is 1. The van der Waals surface area contributed by atoms with Gasteiger partial charge in [0.05, 0.1) is 29.2 Å². The van der Waals surface area contributed by atoms with Gasteiger partial charge in [-0.1, -0.05) is 37.3 Å². The summed E-state index contributed by atoms with van der Waals surface area (Å²) in [7, 11) is -3.80. The van der Waals surface area contributed by atoms with E-state index in [4.69, 9.17) is 4.74 Å². The first-order valence-corrected chi connectivity index (χ1v) is 11.4. The fourth-order valence-electron chi connectivity index (χ4n) is 2.59. The predicted octanol–water partition coefficient (Wildman–Crippen LogP) is 4.49. The number of halogens is 5. The van der Waals surface area contributed by atoms with Crippen molar-refractivity contribution >= 4 is 9.84 Å². The van der Waals surface area contributed by atoms with Crippen LogP contribution in [0.2, 0.25) is 0 Å². The molecule has 0 aliphatic heterocycles. The average Bonchev–Trinajstić information content (AvgIpc) is 2.81. The molecule has 0 spiro atoms. The maximum absolute atomic E-state index is 13.0. The highest BCUT2D eigenvalue weighted by Crippen LogP contribution is 2.35. The van der Waals surface area contributed by atoms with Crippen LogP contribution < -0.4 is 9.47 Å². The van der Waals surface area contributed by atoms with Crippen molar-refractivity contribution in [3.8, 4) is 23.0 Å². The van der Waals surface area contributed by atoms with E-state index < -0.39 is 34.4 Å². The van der Waals surface area contributed by atoms with Crippen LogP contribution in [0, 0.1) is 0 Å². The van der Waals surface area contributed by atoms with Gasteiger partial charge in [-0.25, -0.2) is 23.4 Å². The van der Waals surface area contributed by atoms with Crippen LogP contribution in [0.25, 0.3) is 11.4 Å². The summed E-state index contributed by atoms with van der Waals surface area (Å²) >= 11 is 0. The lowest BCUT2D eigenvalue weighted by molar-refractivity contribution is -0.290. The third-order valence-electron chi connectivity index (χ3n) is 4.48. The standard InChI is InChI=1S/C21H18F5N3O4S/c1-2-34(30,31)17-8-15(32-12-14-6-4-3-5-7-14)9-29-19(17)16-10-28-18(11-27-16)33-13-20(22,23)21(24,25)26/h3-11H,2,12-13H2,1H3. The lowest BCUT2D eigenvalue weighted by Crippen LogP contribution is -2.41. The zero-order chi connectivity index (χ0) is 25.0. The summed E-state index contributed by atoms with van der Waals surface area (Å²) in [4.78, 5) is 11.4. The monoisotopic (exact) mass is 503 g/mol. The largest absolute Gasteiger partial charge is 0.487 e. The second-order valence-corrected chi connectivity index (χ2v) is 9.17. The highest BCUT2D eigenvalue weighted by Gasteiger charge is 2.58. The Hall–Kier alpha value is -3.35. The van der Waals surface area contributed by atoms with Gasteiger partial charge in [-0.05, 0) is 5.56 Å². The molecule has 0 radical (unpaired) electrons. The first kappa shape index (κ1) is 25.3. The summed E-state index contributed by atoms with van der Waals surface area (Å²) in [5.74, 6) is -5.75. The Balaban J connectivity index is 1.83. The van der Waals surface area contributed by atoms with E-state index in [1.54, 1.807) is 0 Å². The molecule has 0 saturated carbocycles. The van der Waals surface area contributed by atoms with E-state index in [0.717, 1.165) is 18.0 Å². The normalized spacial score (nSPS) is 12.4. The quantitative estimate of drug-likeness (QED) is 0.398. The summed E-state index contributed by atoms with van der Waals surface area (Å²) in [5, 5.41) is 0. The molecule has 2 aromatic heterocycles. The van der Waals surface area contributed by atoms with Crippen molar-refractivity contribution in [3.63, 3.8) is 0 Å². The van der Waals surface area contributed by atoms with Crippen LogP contribution in [0.4, 0.5) is 22.0 Å². The second-order valence-electron chi connectivity index (χ2n) is 6.93. The zero-order valence-corrected chi connectivity index (χ0v) is 18.4. The molecule has 3 aromatic rings. The smallest absolute Gasteiger partial charge is 0.456 e. The number of benzene rings is 1. The zero-order valence-electron chi connectivity index (χ0n) is 17.6. The molecule has 0 N–H and O–H groups in total. The predicted molar refractivity (Wildman–Crippen MR) is 110 cm³/mol. The van der Waals surface area contributed by atoms with Gasteiger partial charge >= 0.3 is 12.1 Å². The van der Waals surface area contributed by atoms with Crippen molar-refractivity contribution in [1.29, 1.82) is 0 Å². The molecule has 1 aromatic carbocycles. The molecule has 0 amide bonds. The van der Waals surface area contributed by atoms with Crippen LogP contribution >= 0.6 is 0 Å². The molecule has 0 atom stereocenters. The number of rotatable bonds is 9. The van der Waals surface area contributed by atoms with E-state index in [1.807, 2.05) is 30.3 Å². The fourth-order valence-corrected chi connectivity index (χ4v) is 3.65. The Morgan fingerprint density at radius 3 is 2.21 bits per heavy atom. The van der Waals surface area contributed by atoms with Crippen molar-refractivity contribution in [1.82, 2.24) is 15.0 Å². The SMILES string of the molecule is CCS(=O)(=O)c1cc(OCc2ccccc2)cnc1-c1cnc(OCC(F)(F)C(F)(F)F)cn1. The van der Waals surface area contributed by atoms with E-state index >= 15 is 0 Å². The molecule has 7 nitrogen and oxygen atoms in total. The van der Waals surface area contributed by atoms with Crippen molar-refractivity contribution in [2.45, 2.75) is 30.5 Å². The van der Waals surface area contributed by atoms with Crippen molar-refractivity contribution in [3.05, 3.63) is 60.6 Å². The molecule has 0 aliphatic carbocycles. The summed E-state index contributed by atoms with van der Waals surface area (Å²) in [6.07, 6.45) is -2.74. The maximum atomic E-state index is 13.0. The van der Waals surface area contributed by atoms with Gasteiger partial charge in [0.1, 0.15) is 23.7 Å². The fraction of sp³-hybridized carbons (Fsp3) is 0.286. The van der Waals surface area contributed by atoms with Gasteiger partial charge in [-0.2, -0.15) is 22.0 Å². The van der Waals surface area contributed by atoms with Crippen LogP contribution in [0.5, 0.6) is 11.6 Å². The summed E-state index contributed by atoms with van der Waals surface area (Å²) in [5.41, 5.74) is 0.703. The number of nitrogens with zero attached hydrogens (tertiary/aromatic N) is 3. The van der Waals surface area contributed by atoms with E-state index in [2.05, 4.69) is 19.7 Å². The maximum Gasteiger partial charge on any atom is 0.456 e. The third kappa shape index (κ3) is 5.95. The highest BCUT2D eigenvalue weighted by molar-refractivity contribution is 7.91. The van der Waals surface area contributed by atoms with E-state index in [0.29, 0.717) is 0 Å². The Morgan fingerprint density at radius 2 is 1.62 bits per heavy atom.